The first-order valence-electron chi connectivity index (χ1n) is 10.3. The molecule has 0 fully saturated rings. The van der Waals surface area contributed by atoms with Crippen molar-refractivity contribution in [2.75, 3.05) is 24.2 Å². The summed E-state index contributed by atoms with van der Waals surface area (Å²) >= 11 is 0. The molecule has 7 nitrogen and oxygen atoms in total. The highest BCUT2D eigenvalue weighted by Gasteiger charge is 2.35. The van der Waals surface area contributed by atoms with E-state index < -0.39 is 15.6 Å². The van der Waals surface area contributed by atoms with Crippen LogP contribution >= 0.6 is 0 Å². The number of nitrogens with zero attached hydrogens (tertiary/aromatic N) is 1. The van der Waals surface area contributed by atoms with E-state index in [1.807, 2.05) is 45.0 Å². The molecule has 0 aliphatic carbocycles. The van der Waals surface area contributed by atoms with E-state index in [9.17, 15) is 13.2 Å². The zero-order valence-corrected chi connectivity index (χ0v) is 19.5. The molecule has 1 amide bonds. The van der Waals surface area contributed by atoms with Gasteiger partial charge in [0.2, 0.25) is 15.9 Å². The Morgan fingerprint density at radius 3 is 2.48 bits per heavy atom. The number of fused-ring (bicyclic) bond motifs is 1. The molecule has 1 unspecified atom stereocenters. The van der Waals surface area contributed by atoms with Crippen LogP contribution in [0.3, 0.4) is 0 Å². The number of carbonyl (C=O) groups is 1. The van der Waals surface area contributed by atoms with E-state index in [2.05, 4.69) is 5.32 Å². The van der Waals surface area contributed by atoms with Crippen LogP contribution in [0.5, 0.6) is 11.5 Å². The molecule has 31 heavy (non-hydrogen) atoms. The molecule has 168 valence electrons. The summed E-state index contributed by atoms with van der Waals surface area (Å²) in [4.78, 5) is 12.9. The predicted molar refractivity (Wildman–Crippen MR) is 121 cm³/mol. The van der Waals surface area contributed by atoms with Crippen molar-refractivity contribution >= 4 is 21.6 Å². The smallest absolute Gasteiger partial charge is 0.241 e. The second kappa shape index (κ2) is 8.78. The average Bonchev–Trinajstić information content (AvgIpc) is 2.70. The molecule has 1 heterocycles. The number of aryl methyl sites for hydroxylation is 1. The molecule has 2 aromatic carbocycles. The largest absolute Gasteiger partial charge is 0.497 e. The molecule has 0 saturated heterocycles. The number of rotatable bonds is 7. The van der Waals surface area contributed by atoms with Crippen LogP contribution in [0.2, 0.25) is 0 Å². The molecule has 8 heteroatoms. The number of benzene rings is 2. The van der Waals surface area contributed by atoms with E-state index in [0.29, 0.717) is 23.6 Å². The minimum absolute atomic E-state index is 0.298. The van der Waals surface area contributed by atoms with Crippen molar-refractivity contribution in [2.24, 2.45) is 0 Å². The highest BCUT2D eigenvalue weighted by molar-refractivity contribution is 7.92. The van der Waals surface area contributed by atoms with Gasteiger partial charge in [-0.3, -0.25) is 9.10 Å². The standard InChI is InChI=1S/C23H30N2O5S/c1-6-16-7-9-17(10-8-16)25(31(5,27)28)15-22(26)24-20-14-23(2,3)30-21-13-18(29-4)11-12-19(20)21/h7-13,20H,6,14-15H2,1-5H3,(H,24,26). The number of sulfonamides is 1. The first-order chi connectivity index (χ1) is 14.5. The maximum Gasteiger partial charge on any atom is 0.241 e. The highest BCUT2D eigenvalue weighted by atomic mass is 32.2. The fraction of sp³-hybridized carbons (Fsp3) is 0.435. The van der Waals surface area contributed by atoms with Crippen molar-refractivity contribution in [3.63, 3.8) is 0 Å². The van der Waals surface area contributed by atoms with Crippen LogP contribution in [-0.4, -0.2) is 39.8 Å². The number of amides is 1. The van der Waals surface area contributed by atoms with Crippen molar-refractivity contribution in [3.05, 3.63) is 53.6 Å². The van der Waals surface area contributed by atoms with E-state index in [1.54, 1.807) is 25.3 Å². The Kier molecular flexibility index (Phi) is 6.50. The van der Waals surface area contributed by atoms with Crippen LogP contribution < -0.4 is 19.1 Å². The lowest BCUT2D eigenvalue weighted by Gasteiger charge is -2.38. The van der Waals surface area contributed by atoms with Crippen molar-refractivity contribution in [2.45, 2.75) is 45.3 Å². The van der Waals surface area contributed by atoms with Crippen LogP contribution in [-0.2, 0) is 21.2 Å². The third-order valence-corrected chi connectivity index (χ3v) is 6.47. The SMILES string of the molecule is CCc1ccc(N(CC(=O)NC2CC(C)(C)Oc3cc(OC)ccc32)S(C)(=O)=O)cc1. The molecule has 1 aliphatic rings. The monoisotopic (exact) mass is 446 g/mol. The van der Waals surface area contributed by atoms with Gasteiger partial charge in [-0.2, -0.15) is 0 Å². The number of anilines is 1. The molecular formula is C23H30N2O5S. The first-order valence-corrected chi connectivity index (χ1v) is 12.1. The van der Waals surface area contributed by atoms with E-state index in [4.69, 9.17) is 9.47 Å². The minimum Gasteiger partial charge on any atom is -0.497 e. The van der Waals surface area contributed by atoms with Crippen LogP contribution in [0.25, 0.3) is 0 Å². The van der Waals surface area contributed by atoms with Crippen LogP contribution in [0, 0.1) is 0 Å². The summed E-state index contributed by atoms with van der Waals surface area (Å²) in [5, 5.41) is 3.00. The fourth-order valence-electron chi connectivity index (χ4n) is 3.76. The molecule has 1 atom stereocenters. The lowest BCUT2D eigenvalue weighted by molar-refractivity contribution is -0.120. The number of carbonyl (C=O) groups excluding carboxylic acids is 1. The number of ether oxygens (including phenoxy) is 2. The van der Waals surface area contributed by atoms with Crippen molar-refractivity contribution < 1.29 is 22.7 Å². The highest BCUT2D eigenvalue weighted by Crippen LogP contribution is 2.41. The van der Waals surface area contributed by atoms with E-state index >= 15 is 0 Å². The third-order valence-electron chi connectivity index (χ3n) is 5.33. The van der Waals surface area contributed by atoms with Gasteiger partial charge < -0.3 is 14.8 Å². The number of methoxy groups -OCH3 is 1. The van der Waals surface area contributed by atoms with Crippen LogP contribution in [0.1, 0.15) is 44.4 Å². The summed E-state index contributed by atoms with van der Waals surface area (Å²) in [5.74, 6) is 0.936. The van der Waals surface area contributed by atoms with Gasteiger partial charge in [0.25, 0.3) is 0 Å². The van der Waals surface area contributed by atoms with Crippen molar-refractivity contribution in [1.82, 2.24) is 5.32 Å². The normalized spacial score (nSPS) is 17.3. The van der Waals surface area contributed by atoms with Gasteiger partial charge in [-0.1, -0.05) is 19.1 Å². The minimum atomic E-state index is -3.63. The van der Waals surface area contributed by atoms with Gasteiger partial charge in [-0.05, 0) is 50.1 Å². The molecule has 0 bridgehead atoms. The molecule has 1 aliphatic heterocycles. The topological polar surface area (TPSA) is 84.9 Å². The molecule has 0 radical (unpaired) electrons. The molecular weight excluding hydrogens is 416 g/mol. The Balaban J connectivity index is 1.82. The Morgan fingerprint density at radius 1 is 1.23 bits per heavy atom. The maximum absolute atomic E-state index is 12.9. The summed E-state index contributed by atoms with van der Waals surface area (Å²) < 4.78 is 37.3. The maximum atomic E-state index is 12.9. The van der Waals surface area contributed by atoms with Gasteiger partial charge in [0.1, 0.15) is 23.6 Å². The molecule has 3 rings (SSSR count). The Labute approximate surface area is 184 Å². The van der Waals surface area contributed by atoms with Gasteiger partial charge in [0.15, 0.2) is 0 Å². The zero-order chi connectivity index (χ0) is 22.8. The number of hydrogen-bond donors (Lipinski definition) is 1. The summed E-state index contributed by atoms with van der Waals surface area (Å²) in [6, 6.07) is 12.4. The lowest BCUT2D eigenvalue weighted by Crippen LogP contribution is -2.45. The molecule has 0 saturated carbocycles. The molecule has 1 N–H and O–H groups in total. The Hall–Kier alpha value is -2.74. The van der Waals surface area contributed by atoms with Crippen molar-refractivity contribution in [1.29, 1.82) is 0 Å². The predicted octanol–water partition coefficient (Wildman–Crippen LogP) is 3.44. The Bertz CT molecular complexity index is 1050. The lowest BCUT2D eigenvalue weighted by atomic mass is 9.89. The average molecular weight is 447 g/mol. The van der Waals surface area contributed by atoms with Crippen molar-refractivity contribution in [3.8, 4) is 11.5 Å². The van der Waals surface area contributed by atoms with E-state index in [0.717, 1.165) is 28.1 Å². The second-order valence-corrected chi connectivity index (χ2v) is 10.3. The van der Waals surface area contributed by atoms with Gasteiger partial charge in [-0.25, -0.2) is 8.42 Å². The van der Waals surface area contributed by atoms with E-state index in [1.165, 1.54) is 0 Å². The molecule has 2 aromatic rings. The van der Waals surface area contributed by atoms with Gasteiger partial charge in [0.05, 0.1) is 25.1 Å². The summed E-state index contributed by atoms with van der Waals surface area (Å²) in [7, 11) is -2.05. The van der Waals surface area contributed by atoms with Gasteiger partial charge in [0, 0.05) is 18.1 Å². The van der Waals surface area contributed by atoms with E-state index in [-0.39, 0.29) is 18.5 Å². The summed E-state index contributed by atoms with van der Waals surface area (Å²) in [6.45, 7) is 5.63. The third kappa shape index (κ3) is 5.50. The number of nitrogens with one attached hydrogen (secondary N) is 1. The summed E-state index contributed by atoms with van der Waals surface area (Å²) in [6.07, 6.45) is 2.51. The fourth-order valence-corrected chi connectivity index (χ4v) is 4.61. The van der Waals surface area contributed by atoms with Crippen LogP contribution in [0.15, 0.2) is 42.5 Å². The quantitative estimate of drug-likeness (QED) is 0.704. The summed E-state index contributed by atoms with van der Waals surface area (Å²) in [5.41, 5.74) is 1.90. The van der Waals surface area contributed by atoms with Crippen LogP contribution in [0.4, 0.5) is 5.69 Å². The second-order valence-electron chi connectivity index (χ2n) is 8.38. The molecule has 0 aromatic heterocycles. The number of hydrogen-bond acceptors (Lipinski definition) is 5. The zero-order valence-electron chi connectivity index (χ0n) is 18.6. The Morgan fingerprint density at radius 2 is 1.90 bits per heavy atom. The van der Waals surface area contributed by atoms with Gasteiger partial charge >= 0.3 is 0 Å². The molecule has 0 spiro atoms. The first kappa shape index (κ1) is 22.9. The van der Waals surface area contributed by atoms with Gasteiger partial charge in [-0.15, -0.1) is 0 Å².